The third-order valence-corrected chi connectivity index (χ3v) is 6.60. The van der Waals surface area contributed by atoms with E-state index < -0.39 is 15.9 Å². The number of carbonyl (C=O) groups excluding carboxylic acids is 1. The maximum absolute atomic E-state index is 12.4. The number of nitrogens with zero attached hydrogens (tertiary/aromatic N) is 3. The zero-order chi connectivity index (χ0) is 17.0. The molecule has 7 nitrogen and oxygen atoms in total. The number of nitrogens with one attached hydrogen (secondary N) is 1. The molecule has 23 heavy (non-hydrogen) atoms. The van der Waals surface area contributed by atoms with Gasteiger partial charge in [-0.2, -0.15) is 4.31 Å². The van der Waals surface area contributed by atoms with E-state index in [1.807, 2.05) is 6.26 Å². The van der Waals surface area contributed by atoms with Gasteiger partial charge in [-0.3, -0.25) is 10.1 Å². The topological polar surface area (TPSA) is 92.3 Å². The number of hydrogen-bond donors (Lipinski definition) is 1. The van der Waals surface area contributed by atoms with E-state index in [2.05, 4.69) is 15.5 Å². The van der Waals surface area contributed by atoms with Crippen LogP contribution < -0.4 is 5.32 Å². The van der Waals surface area contributed by atoms with Crippen LogP contribution in [-0.4, -0.2) is 48.7 Å². The fourth-order valence-electron chi connectivity index (χ4n) is 1.58. The normalized spacial score (nSPS) is 11.7. The van der Waals surface area contributed by atoms with E-state index in [-0.39, 0.29) is 11.4 Å². The SMILES string of the molecule is CSc1nnc(NC(=O)CN(C)S(=O)(=O)c2ccc(Cl)cc2)s1. The molecule has 1 aromatic carbocycles. The van der Waals surface area contributed by atoms with Crippen molar-refractivity contribution in [1.29, 1.82) is 0 Å². The average Bonchev–Trinajstić information content (AvgIpc) is 2.95. The Morgan fingerprint density at radius 1 is 1.35 bits per heavy atom. The molecule has 0 aliphatic rings. The molecule has 124 valence electrons. The third-order valence-electron chi connectivity index (χ3n) is 2.72. The molecule has 0 saturated heterocycles. The summed E-state index contributed by atoms with van der Waals surface area (Å²) < 4.78 is 26.4. The van der Waals surface area contributed by atoms with Crippen LogP contribution in [0.1, 0.15) is 0 Å². The van der Waals surface area contributed by atoms with E-state index in [1.54, 1.807) is 0 Å². The summed E-state index contributed by atoms with van der Waals surface area (Å²) in [6.45, 7) is -0.334. The molecule has 0 aliphatic carbocycles. The monoisotopic (exact) mass is 392 g/mol. The molecule has 0 aliphatic heterocycles. The van der Waals surface area contributed by atoms with Crippen molar-refractivity contribution in [2.24, 2.45) is 0 Å². The number of hydrogen-bond acceptors (Lipinski definition) is 7. The smallest absolute Gasteiger partial charge is 0.243 e. The summed E-state index contributed by atoms with van der Waals surface area (Å²) in [7, 11) is -2.44. The Hall–Kier alpha value is -1.20. The van der Waals surface area contributed by atoms with Gasteiger partial charge in [0, 0.05) is 12.1 Å². The van der Waals surface area contributed by atoms with Crippen molar-refractivity contribution in [3.8, 4) is 0 Å². The Balaban J connectivity index is 2.03. The molecule has 0 saturated carbocycles. The maximum atomic E-state index is 12.4. The minimum absolute atomic E-state index is 0.0674. The van der Waals surface area contributed by atoms with Crippen LogP contribution in [0.4, 0.5) is 5.13 Å². The lowest BCUT2D eigenvalue weighted by molar-refractivity contribution is -0.116. The van der Waals surface area contributed by atoms with E-state index in [0.29, 0.717) is 14.5 Å². The molecule has 2 aromatic rings. The predicted molar refractivity (Wildman–Crippen MR) is 91.6 cm³/mol. The van der Waals surface area contributed by atoms with Crippen LogP contribution in [0.5, 0.6) is 0 Å². The van der Waals surface area contributed by atoms with E-state index in [4.69, 9.17) is 11.6 Å². The molecule has 0 bridgehead atoms. The standard InChI is InChI=1S/C12H13ClN4O3S3/c1-17(23(19,20)9-5-3-8(13)4-6-9)7-10(18)14-11-15-16-12(21-2)22-11/h3-6H,7H2,1-2H3,(H,14,15,18). The molecule has 0 fully saturated rings. The summed E-state index contributed by atoms with van der Waals surface area (Å²) in [6.07, 6.45) is 1.85. The van der Waals surface area contributed by atoms with Crippen LogP contribution in [0.15, 0.2) is 33.5 Å². The first-order valence-corrected chi connectivity index (χ1v) is 10.1. The highest BCUT2D eigenvalue weighted by Crippen LogP contribution is 2.23. The molecule has 1 aromatic heterocycles. The van der Waals surface area contributed by atoms with Gasteiger partial charge < -0.3 is 0 Å². The summed E-state index contributed by atoms with van der Waals surface area (Å²) in [6, 6.07) is 5.74. The van der Waals surface area contributed by atoms with Gasteiger partial charge in [0.1, 0.15) is 0 Å². The van der Waals surface area contributed by atoms with Gasteiger partial charge in [-0.1, -0.05) is 34.7 Å². The van der Waals surface area contributed by atoms with Crippen LogP contribution in [0.3, 0.4) is 0 Å². The first kappa shape index (κ1) is 18.1. The lowest BCUT2D eigenvalue weighted by Crippen LogP contribution is -2.34. The van der Waals surface area contributed by atoms with Crippen molar-refractivity contribution < 1.29 is 13.2 Å². The Labute approximate surface area is 147 Å². The second-order valence-electron chi connectivity index (χ2n) is 4.34. The average molecular weight is 393 g/mol. The highest BCUT2D eigenvalue weighted by Gasteiger charge is 2.23. The van der Waals surface area contributed by atoms with Crippen LogP contribution in [0, 0.1) is 0 Å². The molecule has 11 heteroatoms. The van der Waals surface area contributed by atoms with Crippen molar-refractivity contribution in [3.63, 3.8) is 0 Å². The minimum Gasteiger partial charge on any atom is -0.299 e. The van der Waals surface area contributed by atoms with Gasteiger partial charge in [0.05, 0.1) is 11.4 Å². The number of halogens is 1. The van der Waals surface area contributed by atoms with E-state index in [9.17, 15) is 13.2 Å². The lowest BCUT2D eigenvalue weighted by atomic mass is 10.4. The van der Waals surface area contributed by atoms with Gasteiger partial charge >= 0.3 is 0 Å². The molecule has 0 unspecified atom stereocenters. The van der Waals surface area contributed by atoms with Crippen molar-refractivity contribution in [2.45, 2.75) is 9.24 Å². The minimum atomic E-state index is -3.77. The number of rotatable bonds is 6. The number of amides is 1. The molecular formula is C12H13ClN4O3S3. The number of carbonyl (C=O) groups is 1. The van der Waals surface area contributed by atoms with Crippen LogP contribution in [0.2, 0.25) is 5.02 Å². The molecule has 1 N–H and O–H groups in total. The zero-order valence-electron chi connectivity index (χ0n) is 12.2. The molecule has 2 rings (SSSR count). The van der Waals surface area contributed by atoms with Crippen LogP contribution in [-0.2, 0) is 14.8 Å². The van der Waals surface area contributed by atoms with Gasteiger partial charge in [-0.15, -0.1) is 10.2 Å². The molecule has 0 atom stereocenters. The maximum Gasteiger partial charge on any atom is 0.243 e. The first-order chi connectivity index (χ1) is 10.8. The van der Waals surface area contributed by atoms with Crippen LogP contribution in [0.25, 0.3) is 0 Å². The fraction of sp³-hybridized carbons (Fsp3) is 0.250. The Kier molecular flexibility index (Phi) is 5.98. The number of benzene rings is 1. The van der Waals surface area contributed by atoms with E-state index in [1.165, 1.54) is 54.4 Å². The highest BCUT2D eigenvalue weighted by atomic mass is 35.5. The number of aromatic nitrogens is 2. The van der Waals surface area contributed by atoms with Gasteiger partial charge in [-0.25, -0.2) is 8.42 Å². The second kappa shape index (κ2) is 7.58. The van der Waals surface area contributed by atoms with Gasteiger partial charge in [0.2, 0.25) is 21.1 Å². The Bertz CT molecular complexity index is 792. The largest absolute Gasteiger partial charge is 0.299 e. The first-order valence-electron chi connectivity index (χ1n) is 6.22. The van der Waals surface area contributed by atoms with Gasteiger partial charge in [0.25, 0.3) is 0 Å². The number of likely N-dealkylation sites (N-methyl/N-ethyl adjacent to an activating group) is 1. The molecule has 1 heterocycles. The summed E-state index contributed by atoms with van der Waals surface area (Å²) in [4.78, 5) is 12.0. The van der Waals surface area contributed by atoms with Gasteiger partial charge in [-0.05, 0) is 30.5 Å². The quantitative estimate of drug-likeness (QED) is 0.598. The summed E-state index contributed by atoms with van der Waals surface area (Å²) in [5.41, 5.74) is 0. The highest BCUT2D eigenvalue weighted by molar-refractivity contribution is 8.00. The second-order valence-corrected chi connectivity index (χ2v) is 8.85. The Morgan fingerprint density at radius 3 is 2.57 bits per heavy atom. The van der Waals surface area contributed by atoms with E-state index >= 15 is 0 Å². The third kappa shape index (κ3) is 4.64. The zero-order valence-corrected chi connectivity index (χ0v) is 15.4. The van der Waals surface area contributed by atoms with Crippen LogP contribution >= 0.6 is 34.7 Å². The summed E-state index contributed by atoms with van der Waals surface area (Å²) in [5, 5.41) is 10.9. The predicted octanol–water partition coefficient (Wildman–Crippen LogP) is 2.17. The van der Waals surface area contributed by atoms with Crippen molar-refractivity contribution in [1.82, 2.24) is 14.5 Å². The van der Waals surface area contributed by atoms with Crippen molar-refractivity contribution in [3.05, 3.63) is 29.3 Å². The molecule has 1 amide bonds. The number of sulfonamides is 1. The number of thioether (sulfide) groups is 1. The number of anilines is 1. The molecule has 0 radical (unpaired) electrons. The van der Waals surface area contributed by atoms with Crippen molar-refractivity contribution in [2.75, 3.05) is 25.2 Å². The van der Waals surface area contributed by atoms with E-state index in [0.717, 1.165) is 4.31 Å². The lowest BCUT2D eigenvalue weighted by Gasteiger charge is -2.16. The van der Waals surface area contributed by atoms with Crippen molar-refractivity contribution >= 4 is 55.8 Å². The van der Waals surface area contributed by atoms with Gasteiger partial charge in [0.15, 0.2) is 4.34 Å². The summed E-state index contributed by atoms with van der Waals surface area (Å²) in [5.74, 6) is -0.492. The summed E-state index contributed by atoms with van der Waals surface area (Å²) >= 11 is 8.37. The fourth-order valence-corrected chi connectivity index (χ4v) is 4.01. The Morgan fingerprint density at radius 2 is 2.00 bits per heavy atom. The molecule has 0 spiro atoms. The molecular weight excluding hydrogens is 380 g/mol.